The molecule has 0 aromatic carbocycles. The minimum atomic E-state index is -2.64. The molecule has 22 heavy (non-hydrogen) atoms. The van der Waals surface area contributed by atoms with Crippen molar-refractivity contribution < 1.29 is 16.8 Å². The van der Waals surface area contributed by atoms with Gasteiger partial charge in [-0.3, -0.25) is 4.79 Å². The fourth-order valence-corrected chi connectivity index (χ4v) is 2.32. The zero-order valence-corrected chi connectivity index (χ0v) is 13.7. The van der Waals surface area contributed by atoms with Crippen LogP contribution < -0.4 is 0 Å². The number of aliphatic hydroxyl groups excluding tert-OH is 1. The van der Waals surface area contributed by atoms with E-state index in [1.54, 1.807) is 31.2 Å². The van der Waals surface area contributed by atoms with E-state index in [-0.39, 0.29) is 12.0 Å². The van der Waals surface area contributed by atoms with E-state index in [2.05, 4.69) is 0 Å². The molecule has 1 rings (SSSR count). The Bertz CT molecular complexity index is 719. The van der Waals surface area contributed by atoms with Crippen LogP contribution in [-0.4, -0.2) is 17.5 Å². The third kappa shape index (κ3) is 5.61. The number of aldehydes is 1. The summed E-state index contributed by atoms with van der Waals surface area (Å²) < 4.78 is 39.7. The molecule has 0 heterocycles. The van der Waals surface area contributed by atoms with Gasteiger partial charge in [0.05, 0.1) is 6.10 Å². The molecule has 0 aromatic heterocycles. The highest BCUT2D eigenvalue weighted by Gasteiger charge is 2.31. The SMILES string of the molecule is [2H]C([2H])([2H])C1=C(C=CC(C)=CC=CC(C)=CC=O)C(C)(C)CC(O)C1([2H])[2H]. The van der Waals surface area contributed by atoms with Crippen molar-refractivity contribution in [1.29, 1.82) is 0 Å². The topological polar surface area (TPSA) is 37.3 Å². The molecule has 0 aromatic rings. The highest BCUT2D eigenvalue weighted by molar-refractivity contribution is 5.66. The Kier molecular flexibility index (Phi) is 4.35. The summed E-state index contributed by atoms with van der Waals surface area (Å²) in [6, 6.07) is 0. The lowest BCUT2D eigenvalue weighted by atomic mass is 9.71. The average molecular weight is 305 g/mol. The number of hydrogen-bond acceptors (Lipinski definition) is 2. The van der Waals surface area contributed by atoms with E-state index in [1.165, 1.54) is 6.08 Å². The largest absolute Gasteiger partial charge is 0.393 e. The predicted octanol–water partition coefficient (Wildman–Crippen LogP) is 4.69. The van der Waals surface area contributed by atoms with Gasteiger partial charge < -0.3 is 5.11 Å². The standard InChI is InChI=1S/C20H28O2/c1-15(7-6-8-16(2)11-12-21)9-10-19-17(3)13-18(22)14-20(19,4)5/h6-12,18,22H,13-14H2,1-5H3/i3D3,13D2. The molecule has 120 valence electrons. The number of allylic oxidation sites excluding steroid dienone is 9. The van der Waals surface area contributed by atoms with Crippen molar-refractivity contribution in [3.05, 3.63) is 58.7 Å². The number of carbonyl (C=O) groups excluding carboxylic acids is 1. The lowest BCUT2D eigenvalue weighted by Crippen LogP contribution is -2.28. The van der Waals surface area contributed by atoms with E-state index >= 15 is 0 Å². The van der Waals surface area contributed by atoms with Crippen LogP contribution in [0.3, 0.4) is 0 Å². The summed E-state index contributed by atoms with van der Waals surface area (Å²) in [7, 11) is 0. The van der Waals surface area contributed by atoms with Crippen LogP contribution in [0.1, 0.15) is 54.2 Å². The smallest absolute Gasteiger partial charge is 0.143 e. The van der Waals surface area contributed by atoms with Crippen molar-refractivity contribution in [3.8, 4) is 0 Å². The number of aliphatic hydroxyl groups is 1. The summed E-state index contributed by atoms with van der Waals surface area (Å²) in [6.07, 6.45) is 7.36. The summed E-state index contributed by atoms with van der Waals surface area (Å²) in [5.74, 6) is 0. The molecule has 0 spiro atoms. The maximum Gasteiger partial charge on any atom is 0.143 e. The Morgan fingerprint density at radius 1 is 1.32 bits per heavy atom. The molecular formula is C20H28O2. The van der Waals surface area contributed by atoms with Crippen LogP contribution in [0.5, 0.6) is 0 Å². The van der Waals surface area contributed by atoms with Gasteiger partial charge in [0, 0.05) is 6.85 Å². The van der Waals surface area contributed by atoms with Crippen LogP contribution >= 0.6 is 0 Å². The molecule has 0 bridgehead atoms. The molecule has 2 nitrogen and oxygen atoms in total. The lowest BCUT2D eigenvalue weighted by molar-refractivity contribution is -0.104. The van der Waals surface area contributed by atoms with Crippen LogP contribution in [0.25, 0.3) is 0 Å². The maximum absolute atomic E-state index is 10.4. The number of carbonyl (C=O) groups is 1. The van der Waals surface area contributed by atoms with Crippen LogP contribution in [0.2, 0.25) is 0 Å². The van der Waals surface area contributed by atoms with E-state index in [9.17, 15) is 9.90 Å². The quantitative estimate of drug-likeness (QED) is 0.454. The van der Waals surface area contributed by atoms with Gasteiger partial charge in [-0.25, -0.2) is 0 Å². The molecule has 0 radical (unpaired) electrons. The van der Waals surface area contributed by atoms with Gasteiger partial charge in [-0.1, -0.05) is 55.4 Å². The number of hydrogen-bond donors (Lipinski definition) is 1. The van der Waals surface area contributed by atoms with Crippen molar-refractivity contribution in [2.75, 3.05) is 0 Å². The van der Waals surface area contributed by atoms with Crippen LogP contribution in [0.15, 0.2) is 58.7 Å². The van der Waals surface area contributed by atoms with Crippen molar-refractivity contribution in [2.24, 2.45) is 5.41 Å². The van der Waals surface area contributed by atoms with Gasteiger partial charge >= 0.3 is 0 Å². The van der Waals surface area contributed by atoms with E-state index in [4.69, 9.17) is 6.85 Å². The van der Waals surface area contributed by atoms with Crippen LogP contribution in [0.4, 0.5) is 0 Å². The Morgan fingerprint density at radius 3 is 2.64 bits per heavy atom. The molecule has 0 saturated heterocycles. The van der Waals surface area contributed by atoms with Crippen LogP contribution in [0, 0.1) is 5.41 Å². The van der Waals surface area contributed by atoms with E-state index < -0.39 is 24.7 Å². The molecule has 0 saturated carbocycles. The molecule has 1 atom stereocenters. The Hall–Kier alpha value is -1.67. The van der Waals surface area contributed by atoms with Gasteiger partial charge in [-0.05, 0) is 56.1 Å². The van der Waals surface area contributed by atoms with E-state index in [1.807, 2.05) is 26.8 Å². The molecule has 1 aliphatic rings. The molecule has 2 heteroatoms. The van der Waals surface area contributed by atoms with Crippen molar-refractivity contribution >= 4 is 6.29 Å². The summed E-state index contributed by atoms with van der Waals surface area (Å²) in [4.78, 5) is 10.4. The van der Waals surface area contributed by atoms with E-state index in [0.29, 0.717) is 11.9 Å². The van der Waals surface area contributed by atoms with Crippen molar-refractivity contribution in [1.82, 2.24) is 0 Å². The van der Waals surface area contributed by atoms with Crippen molar-refractivity contribution in [2.45, 2.75) is 53.4 Å². The summed E-state index contributed by atoms with van der Waals surface area (Å²) in [5, 5.41) is 10.2. The first kappa shape index (κ1) is 11.8. The Balaban J connectivity index is 3.35. The number of rotatable bonds is 5. The van der Waals surface area contributed by atoms with Gasteiger partial charge in [-0.15, -0.1) is 0 Å². The van der Waals surface area contributed by atoms with Gasteiger partial charge in [-0.2, -0.15) is 0 Å². The average Bonchev–Trinajstić information content (AvgIpc) is 2.48. The second-order valence-electron chi connectivity index (χ2n) is 6.19. The monoisotopic (exact) mass is 305 g/mol. The zero-order valence-electron chi connectivity index (χ0n) is 18.7. The fraction of sp³-hybridized carbons (Fsp3) is 0.450. The lowest BCUT2D eigenvalue weighted by Gasteiger charge is -2.35. The molecule has 0 aliphatic heterocycles. The van der Waals surface area contributed by atoms with Gasteiger partial charge in [0.15, 0.2) is 0 Å². The van der Waals surface area contributed by atoms with E-state index in [0.717, 1.165) is 11.1 Å². The predicted molar refractivity (Wildman–Crippen MR) is 93.6 cm³/mol. The van der Waals surface area contributed by atoms with Gasteiger partial charge in [0.1, 0.15) is 6.29 Å². The third-order valence-corrected chi connectivity index (χ3v) is 3.58. The first-order valence-electron chi connectivity index (χ1n) is 9.82. The third-order valence-electron chi connectivity index (χ3n) is 3.58. The minimum Gasteiger partial charge on any atom is -0.393 e. The molecule has 1 aliphatic carbocycles. The van der Waals surface area contributed by atoms with Gasteiger partial charge in [0.2, 0.25) is 0 Å². The minimum absolute atomic E-state index is 0.137. The van der Waals surface area contributed by atoms with Gasteiger partial charge in [0.25, 0.3) is 0 Å². The summed E-state index contributed by atoms with van der Waals surface area (Å²) in [6.45, 7) is 4.62. The molecule has 0 amide bonds. The Morgan fingerprint density at radius 2 is 2.00 bits per heavy atom. The van der Waals surface area contributed by atoms with Crippen molar-refractivity contribution in [3.63, 3.8) is 0 Å². The maximum atomic E-state index is 10.4. The summed E-state index contributed by atoms with van der Waals surface area (Å²) >= 11 is 0. The fourth-order valence-electron chi connectivity index (χ4n) is 2.32. The first-order chi connectivity index (χ1) is 12.2. The molecule has 0 fully saturated rings. The van der Waals surface area contributed by atoms with Crippen LogP contribution in [-0.2, 0) is 4.79 Å². The molecule has 1 unspecified atom stereocenters. The second-order valence-corrected chi connectivity index (χ2v) is 6.19. The normalized spacial score (nSPS) is 29.9. The molecular weight excluding hydrogens is 272 g/mol. The first-order valence-corrected chi connectivity index (χ1v) is 7.32. The second kappa shape index (κ2) is 8.09. The zero-order chi connectivity index (χ0) is 21.0. The highest BCUT2D eigenvalue weighted by Crippen LogP contribution is 2.40. The summed E-state index contributed by atoms with van der Waals surface area (Å²) in [5.41, 5.74) is 1.03. The molecule has 1 N–H and O–H groups in total. The highest BCUT2D eigenvalue weighted by atomic mass is 16.3. The Labute approximate surface area is 141 Å².